The Bertz CT molecular complexity index is 1460. The number of anilines is 2. The summed E-state index contributed by atoms with van der Waals surface area (Å²) in [5, 5.41) is 10.1. The number of carbonyl (C=O) groups excluding carboxylic acids is 3. The number of fused-ring (bicyclic) bond motifs is 1. The number of aromatic nitrogens is 2. The molecular weight excluding hydrogens is 490 g/mol. The van der Waals surface area contributed by atoms with E-state index in [9.17, 15) is 14.4 Å². The van der Waals surface area contributed by atoms with E-state index in [1.165, 1.54) is 5.56 Å². The zero-order chi connectivity index (χ0) is 27.6. The Morgan fingerprint density at radius 2 is 1.49 bits per heavy atom. The lowest BCUT2D eigenvalue weighted by Gasteiger charge is -2.32. The molecule has 3 heterocycles. The van der Waals surface area contributed by atoms with Crippen LogP contribution in [0.2, 0.25) is 0 Å². The number of amides is 3. The Morgan fingerprint density at radius 1 is 0.846 bits per heavy atom. The Balaban J connectivity index is 1.13. The molecule has 4 aromatic rings. The van der Waals surface area contributed by atoms with Gasteiger partial charge in [0.25, 0.3) is 11.8 Å². The van der Waals surface area contributed by atoms with Gasteiger partial charge in [-0.1, -0.05) is 39.0 Å². The molecule has 0 radical (unpaired) electrons. The van der Waals surface area contributed by atoms with Crippen molar-refractivity contribution in [1.82, 2.24) is 14.5 Å². The van der Waals surface area contributed by atoms with Crippen molar-refractivity contribution in [2.24, 2.45) is 5.41 Å². The van der Waals surface area contributed by atoms with Crippen LogP contribution in [0.3, 0.4) is 0 Å². The van der Waals surface area contributed by atoms with Crippen LogP contribution in [0.15, 0.2) is 79.0 Å². The average Bonchev–Trinajstić information content (AvgIpc) is 3.38. The lowest BCUT2D eigenvalue weighted by Crippen LogP contribution is -2.37. The first-order valence-electron chi connectivity index (χ1n) is 13.2. The number of carbonyl (C=O) groups is 3. The van der Waals surface area contributed by atoms with Crippen LogP contribution in [0.5, 0.6) is 0 Å². The molecule has 2 aromatic heterocycles. The summed E-state index contributed by atoms with van der Waals surface area (Å²) >= 11 is 0. The molecule has 0 atom stereocenters. The molecule has 2 aromatic carbocycles. The van der Waals surface area contributed by atoms with Gasteiger partial charge in [-0.15, -0.1) is 0 Å². The SMILES string of the molecule is CC(C)(C)C(=O)Nc1ccc(C(=O)N2CCC(c3ccc(NC(=O)c4cc5ccccn5n4)cc3)CC2)cc1. The fraction of sp³-hybridized carbons (Fsp3) is 0.290. The van der Waals surface area contributed by atoms with Crippen LogP contribution in [-0.4, -0.2) is 45.3 Å². The number of likely N-dealkylation sites (tertiary alicyclic amines) is 1. The molecule has 8 nitrogen and oxygen atoms in total. The molecule has 2 N–H and O–H groups in total. The van der Waals surface area contributed by atoms with E-state index in [4.69, 9.17) is 0 Å². The minimum Gasteiger partial charge on any atom is -0.339 e. The van der Waals surface area contributed by atoms with Crippen molar-refractivity contribution in [3.8, 4) is 0 Å². The predicted octanol–water partition coefficient (Wildman–Crippen LogP) is 5.59. The van der Waals surface area contributed by atoms with Crippen LogP contribution in [0.4, 0.5) is 11.4 Å². The molecular formula is C31H33N5O3. The van der Waals surface area contributed by atoms with Crippen molar-refractivity contribution in [1.29, 1.82) is 0 Å². The Kier molecular flexibility index (Phi) is 7.19. The summed E-state index contributed by atoms with van der Waals surface area (Å²) in [5.41, 5.74) is 3.97. The topological polar surface area (TPSA) is 95.8 Å². The van der Waals surface area contributed by atoms with E-state index >= 15 is 0 Å². The minimum absolute atomic E-state index is 0.00662. The second-order valence-electron chi connectivity index (χ2n) is 11.0. The summed E-state index contributed by atoms with van der Waals surface area (Å²) in [6, 6.07) is 22.5. The first-order chi connectivity index (χ1) is 18.7. The predicted molar refractivity (Wildman–Crippen MR) is 152 cm³/mol. The Labute approximate surface area is 228 Å². The summed E-state index contributed by atoms with van der Waals surface area (Å²) in [6.07, 6.45) is 3.56. The van der Waals surface area contributed by atoms with Gasteiger partial charge in [-0.25, -0.2) is 4.52 Å². The van der Waals surface area contributed by atoms with Crippen molar-refractivity contribution >= 4 is 34.6 Å². The second-order valence-corrected chi connectivity index (χ2v) is 11.0. The molecule has 0 bridgehead atoms. The lowest BCUT2D eigenvalue weighted by molar-refractivity contribution is -0.123. The highest BCUT2D eigenvalue weighted by Crippen LogP contribution is 2.30. The van der Waals surface area contributed by atoms with Gasteiger partial charge in [0, 0.05) is 41.6 Å². The molecule has 3 amide bonds. The lowest BCUT2D eigenvalue weighted by atomic mass is 9.89. The highest BCUT2D eigenvalue weighted by atomic mass is 16.2. The number of pyridine rings is 1. The van der Waals surface area contributed by atoms with Gasteiger partial charge in [0.1, 0.15) is 0 Å². The fourth-order valence-corrected chi connectivity index (χ4v) is 4.70. The maximum absolute atomic E-state index is 13.0. The van der Waals surface area contributed by atoms with Crippen LogP contribution in [0.25, 0.3) is 5.52 Å². The number of benzene rings is 2. The van der Waals surface area contributed by atoms with Gasteiger partial charge in [0.2, 0.25) is 5.91 Å². The molecule has 39 heavy (non-hydrogen) atoms. The molecule has 1 saturated heterocycles. The van der Waals surface area contributed by atoms with Gasteiger partial charge in [-0.3, -0.25) is 14.4 Å². The van der Waals surface area contributed by atoms with E-state index in [1.54, 1.807) is 34.8 Å². The second kappa shape index (κ2) is 10.7. The summed E-state index contributed by atoms with van der Waals surface area (Å²) < 4.78 is 1.68. The van der Waals surface area contributed by atoms with E-state index < -0.39 is 5.41 Å². The van der Waals surface area contributed by atoms with E-state index in [0.717, 1.165) is 24.0 Å². The van der Waals surface area contributed by atoms with E-state index in [-0.39, 0.29) is 17.7 Å². The number of rotatable bonds is 5. The van der Waals surface area contributed by atoms with Gasteiger partial charge in [-0.05, 0) is 78.9 Å². The maximum Gasteiger partial charge on any atom is 0.276 e. The highest BCUT2D eigenvalue weighted by molar-refractivity contribution is 6.03. The van der Waals surface area contributed by atoms with Crippen LogP contribution < -0.4 is 10.6 Å². The Hall–Kier alpha value is -4.46. The van der Waals surface area contributed by atoms with Crippen molar-refractivity contribution in [2.75, 3.05) is 23.7 Å². The average molecular weight is 524 g/mol. The zero-order valence-electron chi connectivity index (χ0n) is 22.5. The van der Waals surface area contributed by atoms with Crippen molar-refractivity contribution in [3.63, 3.8) is 0 Å². The minimum atomic E-state index is -0.483. The van der Waals surface area contributed by atoms with Crippen molar-refractivity contribution in [3.05, 3.63) is 95.8 Å². The van der Waals surface area contributed by atoms with E-state index in [1.807, 2.05) is 74.3 Å². The van der Waals surface area contributed by atoms with Crippen LogP contribution in [0, 0.1) is 5.41 Å². The molecule has 1 fully saturated rings. The number of nitrogens with zero attached hydrogens (tertiary/aromatic N) is 3. The molecule has 0 spiro atoms. The van der Waals surface area contributed by atoms with Crippen LogP contribution >= 0.6 is 0 Å². The molecule has 200 valence electrons. The first-order valence-corrected chi connectivity index (χ1v) is 13.2. The molecule has 0 aliphatic carbocycles. The van der Waals surface area contributed by atoms with Gasteiger partial charge >= 0.3 is 0 Å². The smallest absolute Gasteiger partial charge is 0.276 e. The van der Waals surface area contributed by atoms with Gasteiger partial charge in [0.05, 0.1) is 5.52 Å². The van der Waals surface area contributed by atoms with Crippen LogP contribution in [-0.2, 0) is 4.79 Å². The highest BCUT2D eigenvalue weighted by Gasteiger charge is 2.25. The summed E-state index contributed by atoms with van der Waals surface area (Å²) in [5.74, 6) is 0.0492. The molecule has 1 aliphatic heterocycles. The fourth-order valence-electron chi connectivity index (χ4n) is 4.70. The van der Waals surface area contributed by atoms with Crippen molar-refractivity contribution in [2.45, 2.75) is 39.5 Å². The maximum atomic E-state index is 13.0. The zero-order valence-corrected chi connectivity index (χ0v) is 22.5. The number of nitrogens with one attached hydrogen (secondary N) is 2. The number of hydrogen-bond acceptors (Lipinski definition) is 4. The molecule has 0 unspecified atom stereocenters. The van der Waals surface area contributed by atoms with E-state index in [2.05, 4.69) is 15.7 Å². The monoisotopic (exact) mass is 523 g/mol. The third-order valence-corrected chi connectivity index (χ3v) is 7.10. The van der Waals surface area contributed by atoms with Gasteiger partial charge in [-0.2, -0.15) is 5.10 Å². The molecule has 0 saturated carbocycles. The normalized spacial score (nSPS) is 14.3. The molecule has 8 heteroatoms. The standard InChI is InChI=1S/C31H33N5O3/c1-31(2,3)30(39)33-25-13-9-23(10-14-25)29(38)35-18-15-22(16-19-35)21-7-11-24(12-8-21)32-28(37)27-20-26-6-4-5-17-36(26)34-27/h4-14,17,20,22H,15-16,18-19H2,1-3H3,(H,32,37)(H,33,39). The number of piperidine rings is 1. The first kappa shape index (κ1) is 26.2. The third-order valence-electron chi connectivity index (χ3n) is 7.10. The molecule has 5 rings (SSSR count). The third kappa shape index (κ3) is 6.00. The quantitative estimate of drug-likeness (QED) is 0.356. The van der Waals surface area contributed by atoms with Crippen molar-refractivity contribution < 1.29 is 14.4 Å². The number of hydrogen-bond donors (Lipinski definition) is 2. The largest absolute Gasteiger partial charge is 0.339 e. The summed E-state index contributed by atoms with van der Waals surface area (Å²) in [6.45, 7) is 6.94. The summed E-state index contributed by atoms with van der Waals surface area (Å²) in [7, 11) is 0. The Morgan fingerprint density at radius 3 is 2.13 bits per heavy atom. The summed E-state index contributed by atoms with van der Waals surface area (Å²) in [4.78, 5) is 39.8. The van der Waals surface area contributed by atoms with Crippen LogP contribution in [0.1, 0.15) is 65.9 Å². The molecule has 1 aliphatic rings. The van der Waals surface area contributed by atoms with Gasteiger partial charge < -0.3 is 15.5 Å². The van der Waals surface area contributed by atoms with Gasteiger partial charge in [0.15, 0.2) is 5.69 Å². The van der Waals surface area contributed by atoms with E-state index in [0.29, 0.717) is 36.0 Å².